The van der Waals surface area contributed by atoms with Crippen molar-refractivity contribution in [3.05, 3.63) is 23.8 Å². The summed E-state index contributed by atoms with van der Waals surface area (Å²) in [4.78, 5) is 2.53. The SMILES string of the molecule is CCCN(CC1CCCN1)C1COc2cc(O)ccc21. The fourth-order valence-electron chi connectivity index (χ4n) is 3.34. The summed E-state index contributed by atoms with van der Waals surface area (Å²) in [5.41, 5.74) is 1.22. The van der Waals surface area contributed by atoms with Crippen molar-refractivity contribution in [1.82, 2.24) is 10.2 Å². The Balaban J connectivity index is 1.75. The molecular weight excluding hydrogens is 252 g/mol. The number of nitrogens with zero attached hydrogens (tertiary/aromatic N) is 1. The van der Waals surface area contributed by atoms with Gasteiger partial charge in [0, 0.05) is 24.2 Å². The zero-order chi connectivity index (χ0) is 13.9. The molecule has 2 atom stereocenters. The Morgan fingerprint density at radius 2 is 2.35 bits per heavy atom. The molecule has 0 saturated carbocycles. The maximum atomic E-state index is 9.55. The topological polar surface area (TPSA) is 44.7 Å². The van der Waals surface area contributed by atoms with E-state index in [1.165, 1.54) is 18.4 Å². The Bertz CT molecular complexity index is 458. The zero-order valence-electron chi connectivity index (χ0n) is 12.1. The van der Waals surface area contributed by atoms with Gasteiger partial charge in [-0.15, -0.1) is 0 Å². The van der Waals surface area contributed by atoms with Crippen LogP contribution >= 0.6 is 0 Å². The minimum absolute atomic E-state index is 0.281. The lowest BCUT2D eigenvalue weighted by molar-refractivity contribution is 0.151. The highest BCUT2D eigenvalue weighted by molar-refractivity contribution is 5.44. The van der Waals surface area contributed by atoms with Gasteiger partial charge in [0.15, 0.2) is 0 Å². The first-order valence-corrected chi connectivity index (χ1v) is 7.71. The summed E-state index contributed by atoms with van der Waals surface area (Å²) in [5.74, 6) is 1.12. The molecule has 0 aliphatic carbocycles. The summed E-state index contributed by atoms with van der Waals surface area (Å²) < 4.78 is 5.76. The van der Waals surface area contributed by atoms with E-state index in [1.807, 2.05) is 6.07 Å². The van der Waals surface area contributed by atoms with Crippen LogP contribution in [0.2, 0.25) is 0 Å². The lowest BCUT2D eigenvalue weighted by Gasteiger charge is -2.30. The molecule has 0 amide bonds. The number of nitrogens with one attached hydrogen (secondary N) is 1. The molecule has 3 rings (SSSR count). The second kappa shape index (κ2) is 6.02. The molecule has 20 heavy (non-hydrogen) atoms. The summed E-state index contributed by atoms with van der Waals surface area (Å²) in [6.45, 7) is 6.25. The number of hydrogen-bond donors (Lipinski definition) is 2. The highest BCUT2D eigenvalue weighted by Gasteiger charge is 2.31. The van der Waals surface area contributed by atoms with Crippen molar-refractivity contribution in [2.24, 2.45) is 0 Å². The van der Waals surface area contributed by atoms with Crippen LogP contribution in [0.4, 0.5) is 0 Å². The molecular formula is C16H24N2O2. The van der Waals surface area contributed by atoms with Gasteiger partial charge in [-0.1, -0.05) is 6.92 Å². The molecule has 0 bridgehead atoms. The zero-order valence-corrected chi connectivity index (χ0v) is 12.1. The number of fused-ring (bicyclic) bond motifs is 1. The molecule has 0 aromatic heterocycles. The molecule has 4 nitrogen and oxygen atoms in total. The summed E-state index contributed by atoms with van der Waals surface area (Å²) in [6.07, 6.45) is 3.71. The van der Waals surface area contributed by atoms with Crippen LogP contribution in [0.25, 0.3) is 0 Å². The quantitative estimate of drug-likeness (QED) is 0.866. The van der Waals surface area contributed by atoms with E-state index < -0.39 is 0 Å². The summed E-state index contributed by atoms with van der Waals surface area (Å²) in [6, 6.07) is 6.44. The van der Waals surface area contributed by atoms with Crippen molar-refractivity contribution in [2.75, 3.05) is 26.2 Å². The van der Waals surface area contributed by atoms with Gasteiger partial charge < -0.3 is 15.2 Å². The van der Waals surface area contributed by atoms with Crippen LogP contribution in [-0.4, -0.2) is 42.3 Å². The van der Waals surface area contributed by atoms with Gasteiger partial charge in [0.25, 0.3) is 0 Å². The molecule has 1 aromatic carbocycles. The Labute approximate surface area is 120 Å². The van der Waals surface area contributed by atoms with Crippen LogP contribution in [0.5, 0.6) is 11.5 Å². The van der Waals surface area contributed by atoms with Crippen LogP contribution in [-0.2, 0) is 0 Å². The number of benzene rings is 1. The lowest BCUT2D eigenvalue weighted by Crippen LogP contribution is -2.40. The van der Waals surface area contributed by atoms with Gasteiger partial charge in [0.1, 0.15) is 18.1 Å². The summed E-state index contributed by atoms with van der Waals surface area (Å²) in [5, 5.41) is 13.1. The van der Waals surface area contributed by atoms with Crippen LogP contribution in [0.3, 0.4) is 0 Å². The third-order valence-corrected chi connectivity index (χ3v) is 4.32. The Kier molecular flexibility index (Phi) is 4.13. The maximum Gasteiger partial charge on any atom is 0.127 e. The lowest BCUT2D eigenvalue weighted by atomic mass is 10.1. The second-order valence-electron chi connectivity index (χ2n) is 5.84. The minimum Gasteiger partial charge on any atom is -0.508 e. The van der Waals surface area contributed by atoms with Crippen molar-refractivity contribution in [3.8, 4) is 11.5 Å². The second-order valence-corrected chi connectivity index (χ2v) is 5.84. The number of phenolic OH excluding ortho intramolecular Hbond substituents is 1. The van der Waals surface area contributed by atoms with Crippen molar-refractivity contribution < 1.29 is 9.84 Å². The normalized spacial score (nSPS) is 24.9. The van der Waals surface area contributed by atoms with Gasteiger partial charge in [0.05, 0.1) is 6.04 Å². The molecule has 110 valence electrons. The van der Waals surface area contributed by atoms with Gasteiger partial charge in [-0.25, -0.2) is 0 Å². The molecule has 2 N–H and O–H groups in total. The standard InChI is InChI=1S/C16H24N2O2/c1-2-8-18(10-12-4-3-7-17-12)15-11-20-16-9-13(19)5-6-14(15)16/h5-6,9,12,15,17,19H,2-4,7-8,10-11H2,1H3. The smallest absolute Gasteiger partial charge is 0.127 e. The molecule has 2 aliphatic heterocycles. The highest BCUT2D eigenvalue weighted by Crippen LogP contribution is 2.38. The van der Waals surface area contributed by atoms with Crippen LogP contribution in [0.15, 0.2) is 18.2 Å². The first kappa shape index (κ1) is 13.7. The third-order valence-electron chi connectivity index (χ3n) is 4.32. The predicted molar refractivity (Wildman–Crippen MR) is 79.2 cm³/mol. The highest BCUT2D eigenvalue weighted by atomic mass is 16.5. The molecule has 4 heteroatoms. The predicted octanol–water partition coefficient (Wildman–Crippen LogP) is 2.29. The molecule has 2 aliphatic rings. The van der Waals surface area contributed by atoms with Crippen LogP contribution in [0.1, 0.15) is 37.8 Å². The molecule has 1 aromatic rings. The van der Waals surface area contributed by atoms with Crippen molar-refractivity contribution in [1.29, 1.82) is 0 Å². The largest absolute Gasteiger partial charge is 0.508 e. The molecule has 1 fully saturated rings. The number of phenols is 1. The van der Waals surface area contributed by atoms with E-state index in [0.717, 1.165) is 31.8 Å². The van der Waals surface area contributed by atoms with Gasteiger partial charge in [-0.3, -0.25) is 4.90 Å². The van der Waals surface area contributed by atoms with Gasteiger partial charge in [-0.2, -0.15) is 0 Å². The molecule has 0 radical (unpaired) electrons. The minimum atomic E-state index is 0.281. The molecule has 1 saturated heterocycles. The van der Waals surface area contributed by atoms with E-state index in [4.69, 9.17) is 4.74 Å². The summed E-state index contributed by atoms with van der Waals surface area (Å²) >= 11 is 0. The molecule has 2 heterocycles. The number of aromatic hydroxyl groups is 1. The molecule has 0 spiro atoms. The number of hydrogen-bond acceptors (Lipinski definition) is 4. The van der Waals surface area contributed by atoms with Crippen molar-refractivity contribution >= 4 is 0 Å². The van der Waals surface area contributed by atoms with Crippen molar-refractivity contribution in [2.45, 2.75) is 38.3 Å². The first-order chi connectivity index (χ1) is 9.78. The fourth-order valence-corrected chi connectivity index (χ4v) is 3.34. The average molecular weight is 276 g/mol. The van der Waals surface area contributed by atoms with Crippen LogP contribution < -0.4 is 10.1 Å². The average Bonchev–Trinajstić information content (AvgIpc) is 3.06. The van der Waals surface area contributed by atoms with E-state index >= 15 is 0 Å². The van der Waals surface area contributed by atoms with E-state index in [0.29, 0.717) is 18.7 Å². The monoisotopic (exact) mass is 276 g/mol. The first-order valence-electron chi connectivity index (χ1n) is 7.71. The number of ether oxygens (including phenoxy) is 1. The molecule has 2 unspecified atom stereocenters. The Morgan fingerprint density at radius 1 is 1.45 bits per heavy atom. The van der Waals surface area contributed by atoms with E-state index in [-0.39, 0.29) is 5.75 Å². The third kappa shape index (κ3) is 2.76. The van der Waals surface area contributed by atoms with E-state index in [1.54, 1.807) is 12.1 Å². The van der Waals surface area contributed by atoms with Gasteiger partial charge >= 0.3 is 0 Å². The fraction of sp³-hybridized carbons (Fsp3) is 0.625. The van der Waals surface area contributed by atoms with E-state index in [9.17, 15) is 5.11 Å². The Hall–Kier alpha value is -1.26. The van der Waals surface area contributed by atoms with E-state index in [2.05, 4.69) is 17.1 Å². The van der Waals surface area contributed by atoms with Gasteiger partial charge in [0.2, 0.25) is 0 Å². The van der Waals surface area contributed by atoms with Crippen molar-refractivity contribution in [3.63, 3.8) is 0 Å². The maximum absolute atomic E-state index is 9.55. The van der Waals surface area contributed by atoms with Crippen LogP contribution in [0, 0.1) is 0 Å². The number of rotatable bonds is 5. The Morgan fingerprint density at radius 3 is 3.10 bits per heavy atom. The summed E-state index contributed by atoms with van der Waals surface area (Å²) in [7, 11) is 0. The van der Waals surface area contributed by atoms with Gasteiger partial charge in [-0.05, 0) is 44.5 Å².